The van der Waals surface area contributed by atoms with Gasteiger partial charge in [0.2, 0.25) is 5.91 Å². The number of carbonyl (C=O) groups excluding carboxylic acids is 2. The second kappa shape index (κ2) is 5.72. The highest BCUT2D eigenvalue weighted by Crippen LogP contribution is 2.18. The van der Waals surface area contributed by atoms with E-state index in [9.17, 15) is 22.8 Å². The molecule has 0 aliphatic carbocycles. The monoisotopic (exact) mass is 240 g/mol. The molecule has 0 radical (unpaired) electrons. The number of rotatable bonds is 4. The molecule has 0 bridgehead atoms. The molecule has 2 amide bonds. The minimum atomic E-state index is -4.93. The topological polar surface area (TPSA) is 40.6 Å². The van der Waals surface area contributed by atoms with E-state index in [0.717, 1.165) is 4.90 Å². The minimum absolute atomic E-state index is 0.0854. The van der Waals surface area contributed by atoms with E-state index in [4.69, 9.17) is 0 Å². The third-order valence-electron chi connectivity index (χ3n) is 1.85. The summed E-state index contributed by atoms with van der Waals surface area (Å²) >= 11 is 0. The number of alkyl halides is 3. The summed E-state index contributed by atoms with van der Waals surface area (Å²) in [5.41, 5.74) is 0. The average Bonchev–Trinajstić information content (AvgIpc) is 2.14. The van der Waals surface area contributed by atoms with Crippen LogP contribution in [-0.2, 0) is 9.59 Å². The number of nitrogens with zero attached hydrogens (tertiary/aromatic N) is 2. The van der Waals surface area contributed by atoms with E-state index in [2.05, 4.69) is 0 Å². The summed E-state index contributed by atoms with van der Waals surface area (Å²) < 4.78 is 36.5. The summed E-state index contributed by atoms with van der Waals surface area (Å²) in [6.07, 6.45) is -4.57. The smallest absolute Gasteiger partial charge is 0.347 e. The van der Waals surface area contributed by atoms with Gasteiger partial charge in [-0.15, -0.1) is 0 Å². The predicted molar refractivity (Wildman–Crippen MR) is 51.6 cm³/mol. The molecule has 0 aromatic heterocycles. The van der Waals surface area contributed by atoms with Crippen molar-refractivity contribution in [2.75, 3.05) is 27.2 Å². The zero-order chi connectivity index (χ0) is 12.9. The van der Waals surface area contributed by atoms with Crippen LogP contribution in [0.15, 0.2) is 0 Å². The standard InChI is InChI=1S/C9H15F3N2O2/c1-4-5-14(6-7(15)13(2)3)8(16)9(10,11)12/h4-6H2,1-3H3. The molecular formula is C9H15F3N2O2. The Kier molecular flexibility index (Phi) is 5.26. The van der Waals surface area contributed by atoms with Gasteiger partial charge in [-0.3, -0.25) is 9.59 Å². The second-order valence-electron chi connectivity index (χ2n) is 3.51. The van der Waals surface area contributed by atoms with Crippen LogP contribution in [0.5, 0.6) is 0 Å². The van der Waals surface area contributed by atoms with Crippen molar-refractivity contribution in [1.29, 1.82) is 0 Å². The second-order valence-corrected chi connectivity index (χ2v) is 3.51. The van der Waals surface area contributed by atoms with Crippen LogP contribution in [0.1, 0.15) is 13.3 Å². The van der Waals surface area contributed by atoms with Crippen molar-refractivity contribution in [1.82, 2.24) is 9.80 Å². The molecule has 0 heterocycles. The summed E-state index contributed by atoms with van der Waals surface area (Å²) in [4.78, 5) is 23.8. The molecule has 0 N–H and O–H groups in total. The van der Waals surface area contributed by atoms with Crippen LogP contribution in [-0.4, -0.2) is 55.0 Å². The van der Waals surface area contributed by atoms with Gasteiger partial charge >= 0.3 is 12.1 Å². The summed E-state index contributed by atoms with van der Waals surface area (Å²) in [6.45, 7) is 1.01. The average molecular weight is 240 g/mol. The normalized spacial score (nSPS) is 11.1. The van der Waals surface area contributed by atoms with Crippen molar-refractivity contribution in [2.24, 2.45) is 0 Å². The number of likely N-dealkylation sites (N-methyl/N-ethyl adjacent to an activating group) is 1. The SMILES string of the molecule is CCCN(CC(=O)N(C)C)C(=O)C(F)(F)F. The Balaban J connectivity index is 4.62. The van der Waals surface area contributed by atoms with Gasteiger partial charge in [0, 0.05) is 20.6 Å². The van der Waals surface area contributed by atoms with Crippen LogP contribution >= 0.6 is 0 Å². The Morgan fingerprint density at radius 3 is 2.00 bits per heavy atom. The van der Waals surface area contributed by atoms with Gasteiger partial charge in [-0.1, -0.05) is 6.92 Å². The van der Waals surface area contributed by atoms with Gasteiger partial charge in [0.05, 0.1) is 6.54 Å². The van der Waals surface area contributed by atoms with Crippen LogP contribution in [0.2, 0.25) is 0 Å². The van der Waals surface area contributed by atoms with Gasteiger partial charge in [-0.25, -0.2) is 0 Å². The molecule has 0 aromatic rings. The highest BCUT2D eigenvalue weighted by atomic mass is 19.4. The van der Waals surface area contributed by atoms with Crippen molar-refractivity contribution < 1.29 is 22.8 Å². The van der Waals surface area contributed by atoms with Gasteiger partial charge in [0.15, 0.2) is 0 Å². The molecule has 16 heavy (non-hydrogen) atoms. The van der Waals surface area contributed by atoms with E-state index in [-0.39, 0.29) is 6.54 Å². The fourth-order valence-electron chi connectivity index (χ4n) is 1.01. The summed E-state index contributed by atoms with van der Waals surface area (Å²) in [6, 6.07) is 0. The van der Waals surface area contributed by atoms with Crippen LogP contribution < -0.4 is 0 Å². The lowest BCUT2D eigenvalue weighted by molar-refractivity contribution is -0.186. The molecule has 0 aromatic carbocycles. The summed E-state index contributed by atoms with van der Waals surface area (Å²) in [5, 5.41) is 0. The number of halogens is 3. The maximum Gasteiger partial charge on any atom is 0.471 e. The molecule has 0 aliphatic rings. The first kappa shape index (κ1) is 14.7. The van der Waals surface area contributed by atoms with Crippen LogP contribution in [0.4, 0.5) is 13.2 Å². The number of hydrogen-bond donors (Lipinski definition) is 0. The fourth-order valence-corrected chi connectivity index (χ4v) is 1.01. The Labute approximate surface area is 92.0 Å². The molecule has 0 spiro atoms. The van der Waals surface area contributed by atoms with E-state index in [1.54, 1.807) is 6.92 Å². The van der Waals surface area contributed by atoms with Crippen LogP contribution in [0.25, 0.3) is 0 Å². The molecule has 7 heteroatoms. The van der Waals surface area contributed by atoms with Crippen molar-refractivity contribution in [3.05, 3.63) is 0 Å². The zero-order valence-corrected chi connectivity index (χ0v) is 9.47. The molecular weight excluding hydrogens is 225 g/mol. The number of amides is 2. The van der Waals surface area contributed by atoms with Gasteiger partial charge in [-0.2, -0.15) is 13.2 Å². The highest BCUT2D eigenvalue weighted by Gasteiger charge is 2.42. The van der Waals surface area contributed by atoms with Crippen molar-refractivity contribution in [3.63, 3.8) is 0 Å². The van der Waals surface area contributed by atoms with Gasteiger partial charge in [0.1, 0.15) is 0 Å². The Morgan fingerprint density at radius 1 is 1.19 bits per heavy atom. The van der Waals surface area contributed by atoms with Crippen molar-refractivity contribution >= 4 is 11.8 Å². The van der Waals surface area contributed by atoms with Crippen LogP contribution in [0.3, 0.4) is 0 Å². The molecule has 0 aliphatic heterocycles. The number of hydrogen-bond acceptors (Lipinski definition) is 2. The van der Waals surface area contributed by atoms with E-state index in [1.807, 2.05) is 0 Å². The lowest BCUT2D eigenvalue weighted by Gasteiger charge is -2.24. The van der Waals surface area contributed by atoms with Crippen molar-refractivity contribution in [3.8, 4) is 0 Å². The molecule has 0 atom stereocenters. The molecule has 0 saturated carbocycles. The van der Waals surface area contributed by atoms with E-state index >= 15 is 0 Å². The predicted octanol–water partition coefficient (Wildman–Crippen LogP) is 0.876. The Hall–Kier alpha value is -1.27. The largest absolute Gasteiger partial charge is 0.471 e. The van der Waals surface area contributed by atoms with E-state index in [0.29, 0.717) is 11.3 Å². The molecule has 0 unspecified atom stereocenters. The lowest BCUT2D eigenvalue weighted by Crippen LogP contribution is -2.46. The zero-order valence-electron chi connectivity index (χ0n) is 9.47. The van der Waals surface area contributed by atoms with E-state index < -0.39 is 24.5 Å². The Morgan fingerprint density at radius 2 is 1.69 bits per heavy atom. The van der Waals surface area contributed by atoms with Crippen molar-refractivity contribution in [2.45, 2.75) is 19.5 Å². The molecule has 0 fully saturated rings. The fraction of sp³-hybridized carbons (Fsp3) is 0.778. The maximum absolute atomic E-state index is 12.2. The first-order valence-corrected chi connectivity index (χ1v) is 4.76. The maximum atomic E-state index is 12.2. The Bertz CT molecular complexity index is 264. The molecule has 0 saturated heterocycles. The van der Waals surface area contributed by atoms with E-state index in [1.165, 1.54) is 14.1 Å². The number of carbonyl (C=O) groups is 2. The first-order chi connectivity index (χ1) is 7.20. The first-order valence-electron chi connectivity index (χ1n) is 4.76. The molecule has 94 valence electrons. The summed E-state index contributed by atoms with van der Waals surface area (Å²) in [5.74, 6) is -2.50. The third kappa shape index (κ3) is 4.50. The molecule has 4 nitrogen and oxygen atoms in total. The van der Waals surface area contributed by atoms with Gasteiger partial charge in [-0.05, 0) is 6.42 Å². The summed E-state index contributed by atoms with van der Waals surface area (Å²) in [7, 11) is 2.84. The minimum Gasteiger partial charge on any atom is -0.347 e. The third-order valence-corrected chi connectivity index (χ3v) is 1.85. The molecule has 0 rings (SSSR count). The van der Waals surface area contributed by atoms with Gasteiger partial charge in [0.25, 0.3) is 0 Å². The highest BCUT2D eigenvalue weighted by molar-refractivity contribution is 5.87. The van der Waals surface area contributed by atoms with Crippen LogP contribution in [0, 0.1) is 0 Å². The van der Waals surface area contributed by atoms with Gasteiger partial charge < -0.3 is 9.80 Å². The quantitative estimate of drug-likeness (QED) is 0.731. The lowest BCUT2D eigenvalue weighted by atomic mass is 10.3.